The average molecular weight is 455 g/mol. The maximum Gasteiger partial charge on any atom is 0.310 e. The first-order valence-corrected chi connectivity index (χ1v) is 10.6. The quantitative estimate of drug-likeness (QED) is 0.526. The summed E-state index contributed by atoms with van der Waals surface area (Å²) in [6.45, 7) is 3.08. The number of hydrogen-bond acceptors (Lipinski definition) is 3. The smallest absolute Gasteiger partial charge is 0.310 e. The number of amides is 1. The summed E-state index contributed by atoms with van der Waals surface area (Å²) in [5.74, 6) is -0.0167. The van der Waals surface area contributed by atoms with Gasteiger partial charge in [0.1, 0.15) is 0 Å². The Hall–Kier alpha value is -2.60. The van der Waals surface area contributed by atoms with E-state index in [1.54, 1.807) is 6.07 Å². The molecule has 29 heavy (non-hydrogen) atoms. The lowest BCUT2D eigenvalue weighted by Crippen LogP contribution is -2.11. The number of benzene rings is 2. The Labute approximate surface area is 178 Å². The van der Waals surface area contributed by atoms with E-state index in [2.05, 4.69) is 26.7 Å². The number of halogens is 1. The molecule has 0 radical (unpaired) electrons. The number of aromatic nitrogens is 1. The Morgan fingerprint density at radius 3 is 2.66 bits per heavy atom. The molecule has 3 aromatic rings. The Balaban J connectivity index is 1.88. The van der Waals surface area contributed by atoms with Gasteiger partial charge < -0.3 is 15.0 Å². The average Bonchev–Trinajstić information content (AvgIpc) is 3.42. The predicted molar refractivity (Wildman–Crippen MR) is 117 cm³/mol. The summed E-state index contributed by atoms with van der Waals surface area (Å²) in [6, 6.07) is 11.5. The van der Waals surface area contributed by atoms with Crippen LogP contribution in [0.1, 0.15) is 35.7 Å². The van der Waals surface area contributed by atoms with Gasteiger partial charge in [0.15, 0.2) is 0 Å². The highest BCUT2D eigenvalue weighted by atomic mass is 79.9. The number of rotatable bonds is 7. The maximum absolute atomic E-state index is 12.1. The minimum atomic E-state index is -0.448. The standard InChI is InChI=1S/C23H23BrN2O3/c1-2-29-21(27)11-15-5-3-4-6-17(15)18-13-26(12-14-7-8-14)20-10-16(23(25)28)9-19(24)22(18)20/h3-6,9-10,13-14H,2,7-8,11-12H2,1H3,(H2,25,28). The maximum atomic E-state index is 12.1. The second-order valence-corrected chi connectivity index (χ2v) is 8.35. The Kier molecular flexibility index (Phi) is 5.46. The minimum Gasteiger partial charge on any atom is -0.466 e. The van der Waals surface area contributed by atoms with Crippen molar-refractivity contribution in [2.45, 2.75) is 32.7 Å². The predicted octanol–water partition coefficient (Wildman–Crippen LogP) is 4.69. The monoisotopic (exact) mass is 454 g/mol. The molecule has 1 aliphatic rings. The van der Waals surface area contributed by atoms with Gasteiger partial charge in [0.25, 0.3) is 0 Å². The van der Waals surface area contributed by atoms with Crippen LogP contribution in [0.15, 0.2) is 47.1 Å². The SMILES string of the molecule is CCOC(=O)Cc1ccccc1-c1cn(CC2CC2)c2cc(C(N)=O)cc(Br)c12. The van der Waals surface area contributed by atoms with E-state index >= 15 is 0 Å². The fraction of sp³-hybridized carbons (Fsp3) is 0.304. The van der Waals surface area contributed by atoms with Crippen molar-refractivity contribution in [2.24, 2.45) is 11.7 Å². The van der Waals surface area contributed by atoms with Gasteiger partial charge in [0.05, 0.1) is 18.5 Å². The van der Waals surface area contributed by atoms with Crippen molar-refractivity contribution in [2.75, 3.05) is 6.61 Å². The molecule has 150 valence electrons. The number of carbonyl (C=O) groups excluding carboxylic acids is 2. The molecular formula is C23H23BrN2O3. The van der Waals surface area contributed by atoms with Crippen LogP contribution in [0.2, 0.25) is 0 Å². The summed E-state index contributed by atoms with van der Waals surface area (Å²) in [5.41, 5.74) is 9.94. The van der Waals surface area contributed by atoms with Crippen molar-refractivity contribution in [3.05, 3.63) is 58.2 Å². The van der Waals surface area contributed by atoms with E-state index < -0.39 is 5.91 Å². The van der Waals surface area contributed by atoms with E-state index in [4.69, 9.17) is 10.5 Å². The molecule has 1 saturated carbocycles. The number of carbonyl (C=O) groups is 2. The van der Waals surface area contributed by atoms with Crippen molar-refractivity contribution in [3.8, 4) is 11.1 Å². The van der Waals surface area contributed by atoms with Gasteiger partial charge in [-0.05, 0) is 48.9 Å². The summed E-state index contributed by atoms with van der Waals surface area (Å²) >= 11 is 3.65. The molecule has 4 rings (SSSR count). The fourth-order valence-corrected chi connectivity index (χ4v) is 4.42. The van der Waals surface area contributed by atoms with Gasteiger partial charge in [-0.2, -0.15) is 0 Å². The van der Waals surface area contributed by atoms with Gasteiger partial charge >= 0.3 is 5.97 Å². The molecule has 0 spiro atoms. The molecule has 1 heterocycles. The van der Waals surface area contributed by atoms with Crippen LogP contribution in [0.5, 0.6) is 0 Å². The first-order valence-electron chi connectivity index (χ1n) is 9.84. The molecule has 0 bridgehead atoms. The number of nitrogens with two attached hydrogens (primary N) is 1. The second-order valence-electron chi connectivity index (χ2n) is 7.49. The Morgan fingerprint density at radius 1 is 1.21 bits per heavy atom. The molecule has 0 saturated heterocycles. The number of primary amides is 1. The topological polar surface area (TPSA) is 74.3 Å². The first kappa shape index (κ1) is 19.7. The zero-order valence-electron chi connectivity index (χ0n) is 16.3. The number of esters is 1. The lowest BCUT2D eigenvalue weighted by atomic mass is 9.97. The van der Waals surface area contributed by atoms with Crippen LogP contribution in [0.4, 0.5) is 0 Å². The fourth-order valence-electron chi connectivity index (χ4n) is 3.76. The van der Waals surface area contributed by atoms with Crippen molar-refractivity contribution >= 4 is 38.7 Å². The highest BCUT2D eigenvalue weighted by Gasteiger charge is 2.25. The molecule has 0 unspecified atom stereocenters. The van der Waals surface area contributed by atoms with E-state index in [9.17, 15) is 9.59 Å². The van der Waals surface area contributed by atoms with Crippen LogP contribution in [0.25, 0.3) is 22.0 Å². The van der Waals surface area contributed by atoms with E-state index in [1.165, 1.54) is 12.8 Å². The third kappa shape index (κ3) is 4.08. The molecule has 1 fully saturated rings. The normalized spacial score (nSPS) is 13.6. The lowest BCUT2D eigenvalue weighted by molar-refractivity contribution is -0.142. The molecule has 1 aromatic heterocycles. The van der Waals surface area contributed by atoms with E-state index in [1.807, 2.05) is 37.3 Å². The van der Waals surface area contributed by atoms with Crippen LogP contribution in [0, 0.1) is 5.92 Å². The third-order valence-corrected chi connectivity index (χ3v) is 5.94. The van der Waals surface area contributed by atoms with Crippen LogP contribution < -0.4 is 5.73 Å². The zero-order chi connectivity index (χ0) is 20.5. The first-order chi connectivity index (χ1) is 14.0. The number of fused-ring (bicyclic) bond motifs is 1. The summed E-state index contributed by atoms with van der Waals surface area (Å²) in [5, 5.41) is 1.02. The van der Waals surface area contributed by atoms with Gasteiger partial charge in [0, 0.05) is 33.7 Å². The second kappa shape index (κ2) is 8.03. The molecule has 0 atom stereocenters. The Morgan fingerprint density at radius 2 is 1.97 bits per heavy atom. The van der Waals surface area contributed by atoms with Crippen molar-refractivity contribution in [3.63, 3.8) is 0 Å². The van der Waals surface area contributed by atoms with Crippen LogP contribution in [0.3, 0.4) is 0 Å². The summed E-state index contributed by atoms with van der Waals surface area (Å²) in [4.78, 5) is 23.9. The number of ether oxygens (including phenoxy) is 1. The Bertz CT molecular complexity index is 1100. The van der Waals surface area contributed by atoms with Crippen LogP contribution in [-0.4, -0.2) is 23.1 Å². The largest absolute Gasteiger partial charge is 0.466 e. The number of nitrogens with zero attached hydrogens (tertiary/aromatic N) is 1. The summed E-state index contributed by atoms with van der Waals surface area (Å²) < 4.78 is 8.18. The highest BCUT2D eigenvalue weighted by molar-refractivity contribution is 9.10. The van der Waals surface area contributed by atoms with Crippen molar-refractivity contribution in [1.82, 2.24) is 4.57 Å². The van der Waals surface area contributed by atoms with Crippen molar-refractivity contribution in [1.29, 1.82) is 0 Å². The van der Waals surface area contributed by atoms with Crippen LogP contribution in [-0.2, 0) is 22.5 Å². The molecule has 6 heteroatoms. The van der Waals surface area contributed by atoms with Gasteiger partial charge in [0.2, 0.25) is 5.91 Å². The molecule has 2 N–H and O–H groups in total. The summed E-state index contributed by atoms with van der Waals surface area (Å²) in [6.07, 6.45) is 4.80. The molecule has 5 nitrogen and oxygen atoms in total. The van der Waals surface area contributed by atoms with Gasteiger partial charge in [-0.15, -0.1) is 0 Å². The van der Waals surface area contributed by atoms with E-state index in [0.29, 0.717) is 18.1 Å². The molecule has 2 aromatic carbocycles. The van der Waals surface area contributed by atoms with Gasteiger partial charge in [-0.25, -0.2) is 0 Å². The zero-order valence-corrected chi connectivity index (χ0v) is 17.9. The molecule has 1 aliphatic carbocycles. The van der Waals surface area contributed by atoms with E-state index in [-0.39, 0.29) is 12.4 Å². The van der Waals surface area contributed by atoms with Crippen LogP contribution >= 0.6 is 15.9 Å². The van der Waals surface area contributed by atoms with Gasteiger partial charge in [-0.1, -0.05) is 40.2 Å². The molecule has 0 aliphatic heterocycles. The summed E-state index contributed by atoms with van der Waals surface area (Å²) in [7, 11) is 0. The minimum absolute atomic E-state index is 0.219. The number of hydrogen-bond donors (Lipinski definition) is 1. The highest BCUT2D eigenvalue weighted by Crippen LogP contribution is 2.40. The third-order valence-electron chi connectivity index (χ3n) is 5.32. The molecular weight excluding hydrogens is 432 g/mol. The lowest BCUT2D eigenvalue weighted by Gasteiger charge is -2.09. The van der Waals surface area contributed by atoms with E-state index in [0.717, 1.165) is 38.6 Å². The van der Waals surface area contributed by atoms with Crippen molar-refractivity contribution < 1.29 is 14.3 Å². The van der Waals surface area contributed by atoms with Gasteiger partial charge in [-0.3, -0.25) is 9.59 Å². The molecule has 1 amide bonds.